The Bertz CT molecular complexity index is 994. The monoisotopic (exact) mass is 391 g/mol. The summed E-state index contributed by atoms with van der Waals surface area (Å²) in [6.07, 6.45) is 3.59. The fourth-order valence-electron chi connectivity index (χ4n) is 2.58. The normalized spacial score (nSPS) is 11.4. The third-order valence-corrected chi connectivity index (χ3v) is 4.58. The summed E-state index contributed by atoms with van der Waals surface area (Å²) >= 11 is 0. The summed E-state index contributed by atoms with van der Waals surface area (Å²) in [5.41, 5.74) is 1.06. The first-order valence-corrected chi connectivity index (χ1v) is 10.5. The van der Waals surface area contributed by atoms with Gasteiger partial charge in [-0.1, -0.05) is 19.9 Å². The average molecular weight is 391 g/mol. The van der Waals surface area contributed by atoms with Crippen molar-refractivity contribution >= 4 is 27.3 Å². The number of pyridine rings is 1. The number of hydrogen-bond donors (Lipinski definition) is 2. The van der Waals surface area contributed by atoms with Crippen molar-refractivity contribution in [1.82, 2.24) is 4.57 Å². The summed E-state index contributed by atoms with van der Waals surface area (Å²) in [4.78, 5) is 25.4. The van der Waals surface area contributed by atoms with E-state index >= 15 is 0 Å². The van der Waals surface area contributed by atoms with Crippen LogP contribution >= 0.6 is 0 Å². The van der Waals surface area contributed by atoms with E-state index in [-0.39, 0.29) is 11.1 Å². The first kappa shape index (κ1) is 20.7. The second kappa shape index (κ2) is 8.39. The summed E-state index contributed by atoms with van der Waals surface area (Å²) in [6.45, 7) is 6.41. The molecule has 1 amide bonds. The highest BCUT2D eigenvalue weighted by Gasteiger charge is 2.16. The lowest BCUT2D eigenvalue weighted by atomic mass is 10.1. The Morgan fingerprint density at radius 3 is 2.48 bits per heavy atom. The molecule has 1 aromatic heterocycles. The van der Waals surface area contributed by atoms with E-state index in [9.17, 15) is 18.0 Å². The molecule has 0 aliphatic carbocycles. The minimum Gasteiger partial charge on any atom is -0.322 e. The number of carbonyl (C=O) groups is 1. The molecule has 0 radical (unpaired) electrons. The number of aryl methyl sites for hydroxylation is 2. The van der Waals surface area contributed by atoms with Crippen LogP contribution in [0.15, 0.2) is 41.3 Å². The van der Waals surface area contributed by atoms with Gasteiger partial charge in [-0.15, -0.1) is 0 Å². The maximum Gasteiger partial charge on any atom is 0.263 e. The molecule has 1 heterocycles. The van der Waals surface area contributed by atoms with Crippen LogP contribution in [0.25, 0.3) is 0 Å². The van der Waals surface area contributed by atoms with Crippen molar-refractivity contribution in [2.75, 3.05) is 16.3 Å². The smallest absolute Gasteiger partial charge is 0.263 e. The fraction of sp³-hybridized carbons (Fsp3) is 0.368. The third-order valence-electron chi connectivity index (χ3n) is 3.97. The van der Waals surface area contributed by atoms with Gasteiger partial charge < -0.3 is 9.88 Å². The van der Waals surface area contributed by atoms with E-state index in [4.69, 9.17) is 0 Å². The van der Waals surface area contributed by atoms with Gasteiger partial charge in [-0.2, -0.15) is 0 Å². The number of rotatable bonds is 7. The molecule has 146 valence electrons. The first-order chi connectivity index (χ1) is 12.6. The summed E-state index contributed by atoms with van der Waals surface area (Å²) in [5, 5.41) is 2.67. The highest BCUT2D eigenvalue weighted by atomic mass is 32.2. The maximum absolute atomic E-state index is 12.7. The number of aromatic nitrogens is 1. The van der Waals surface area contributed by atoms with Crippen molar-refractivity contribution in [3.63, 3.8) is 0 Å². The van der Waals surface area contributed by atoms with Gasteiger partial charge in [0.2, 0.25) is 10.0 Å². The predicted molar refractivity (Wildman–Crippen MR) is 108 cm³/mol. The number of carbonyl (C=O) groups excluding carboxylic acids is 1. The summed E-state index contributed by atoms with van der Waals surface area (Å²) in [7, 11) is -3.42. The van der Waals surface area contributed by atoms with E-state index in [1.807, 2.05) is 0 Å². The van der Waals surface area contributed by atoms with Crippen LogP contribution in [0.3, 0.4) is 0 Å². The van der Waals surface area contributed by atoms with E-state index in [1.54, 1.807) is 42.0 Å². The molecule has 0 bridgehead atoms. The lowest BCUT2D eigenvalue weighted by Gasteiger charge is -2.13. The third kappa shape index (κ3) is 5.96. The molecule has 0 aliphatic heterocycles. The van der Waals surface area contributed by atoms with Crippen molar-refractivity contribution in [1.29, 1.82) is 0 Å². The Labute approximate surface area is 159 Å². The van der Waals surface area contributed by atoms with Gasteiger partial charge in [-0.25, -0.2) is 8.42 Å². The predicted octanol–water partition coefficient (Wildman–Crippen LogP) is 2.83. The van der Waals surface area contributed by atoms with E-state index in [0.29, 0.717) is 29.4 Å². The molecule has 0 atom stereocenters. The number of sulfonamides is 1. The zero-order chi connectivity index (χ0) is 20.2. The fourth-order valence-corrected chi connectivity index (χ4v) is 3.14. The number of amides is 1. The summed E-state index contributed by atoms with van der Waals surface area (Å²) in [5.74, 6) is -0.0755. The molecule has 7 nitrogen and oxygen atoms in total. The van der Waals surface area contributed by atoms with Crippen LogP contribution in [0.4, 0.5) is 11.4 Å². The van der Waals surface area contributed by atoms with Crippen LogP contribution in [-0.4, -0.2) is 25.1 Å². The minimum absolute atomic E-state index is 0.0859. The second-order valence-corrected chi connectivity index (χ2v) is 8.71. The standard InChI is InChI=1S/C19H25N3O4S/c1-13(2)8-10-22-11-9-14(3)17(19(22)24)18(23)20-15-6-5-7-16(12-15)21-27(4,25)26/h5-7,9,11-13,21H,8,10H2,1-4H3,(H,20,23). The van der Waals surface area contributed by atoms with Gasteiger partial charge in [0.1, 0.15) is 5.56 Å². The summed E-state index contributed by atoms with van der Waals surface area (Å²) < 4.78 is 26.6. The Morgan fingerprint density at radius 1 is 1.19 bits per heavy atom. The topological polar surface area (TPSA) is 97.3 Å². The van der Waals surface area contributed by atoms with Crippen LogP contribution < -0.4 is 15.6 Å². The maximum atomic E-state index is 12.7. The number of nitrogens with zero attached hydrogens (tertiary/aromatic N) is 1. The Morgan fingerprint density at radius 2 is 1.85 bits per heavy atom. The van der Waals surface area contributed by atoms with Gasteiger partial charge in [0.25, 0.3) is 11.5 Å². The van der Waals surface area contributed by atoms with Gasteiger partial charge in [-0.3, -0.25) is 14.3 Å². The van der Waals surface area contributed by atoms with E-state index in [2.05, 4.69) is 23.9 Å². The van der Waals surface area contributed by atoms with E-state index < -0.39 is 15.9 Å². The first-order valence-electron chi connectivity index (χ1n) is 8.66. The van der Waals surface area contributed by atoms with Gasteiger partial charge in [0, 0.05) is 18.4 Å². The summed E-state index contributed by atoms with van der Waals surface area (Å²) in [6, 6.07) is 8.05. The minimum atomic E-state index is -3.42. The second-order valence-electron chi connectivity index (χ2n) is 6.96. The van der Waals surface area contributed by atoms with Crippen molar-refractivity contribution in [2.45, 2.75) is 33.7 Å². The van der Waals surface area contributed by atoms with Gasteiger partial charge in [0.05, 0.1) is 11.9 Å². The Kier molecular flexibility index (Phi) is 6.43. The van der Waals surface area contributed by atoms with Crippen LogP contribution in [0.2, 0.25) is 0 Å². The number of nitrogens with one attached hydrogen (secondary N) is 2. The zero-order valence-electron chi connectivity index (χ0n) is 15.9. The lowest BCUT2D eigenvalue weighted by Crippen LogP contribution is -2.30. The molecule has 0 unspecified atom stereocenters. The van der Waals surface area contributed by atoms with Crippen molar-refractivity contribution in [3.8, 4) is 0 Å². The lowest BCUT2D eigenvalue weighted by molar-refractivity contribution is 0.102. The molecule has 2 N–H and O–H groups in total. The number of benzene rings is 1. The molecule has 2 aromatic rings. The highest BCUT2D eigenvalue weighted by Crippen LogP contribution is 2.17. The molecular weight excluding hydrogens is 366 g/mol. The molecule has 0 spiro atoms. The molecule has 27 heavy (non-hydrogen) atoms. The van der Waals surface area contributed by atoms with Gasteiger partial charge in [-0.05, 0) is 49.1 Å². The molecule has 1 aromatic carbocycles. The van der Waals surface area contributed by atoms with Crippen molar-refractivity contribution in [2.24, 2.45) is 5.92 Å². The van der Waals surface area contributed by atoms with Crippen LogP contribution in [0.1, 0.15) is 36.2 Å². The SMILES string of the molecule is Cc1ccn(CCC(C)C)c(=O)c1C(=O)Nc1cccc(NS(C)(=O)=O)c1. The number of hydrogen-bond acceptors (Lipinski definition) is 4. The average Bonchev–Trinajstić information content (AvgIpc) is 2.52. The molecule has 0 saturated carbocycles. The molecule has 2 rings (SSSR count). The number of anilines is 2. The van der Waals surface area contributed by atoms with Gasteiger partial charge in [0.15, 0.2) is 0 Å². The van der Waals surface area contributed by atoms with Crippen LogP contribution in [0.5, 0.6) is 0 Å². The largest absolute Gasteiger partial charge is 0.322 e. The van der Waals surface area contributed by atoms with Crippen LogP contribution in [0, 0.1) is 12.8 Å². The Balaban J connectivity index is 2.27. The van der Waals surface area contributed by atoms with Gasteiger partial charge >= 0.3 is 0 Å². The van der Waals surface area contributed by atoms with E-state index in [0.717, 1.165) is 12.7 Å². The van der Waals surface area contributed by atoms with Crippen LogP contribution in [-0.2, 0) is 16.6 Å². The quantitative estimate of drug-likeness (QED) is 0.758. The molecule has 0 fully saturated rings. The zero-order valence-corrected chi connectivity index (χ0v) is 16.8. The van der Waals surface area contributed by atoms with E-state index in [1.165, 1.54) is 6.07 Å². The molecular formula is C19H25N3O4S. The molecule has 0 aliphatic rings. The van der Waals surface area contributed by atoms with Crippen molar-refractivity contribution < 1.29 is 13.2 Å². The van der Waals surface area contributed by atoms with Crippen molar-refractivity contribution in [3.05, 3.63) is 58.0 Å². The molecule has 8 heteroatoms. The Hall–Kier alpha value is -2.61. The molecule has 0 saturated heterocycles. The highest BCUT2D eigenvalue weighted by molar-refractivity contribution is 7.92.